The number of halogens is 2. The maximum Gasteiger partial charge on any atom is 0.246 e. The van der Waals surface area contributed by atoms with E-state index in [0.717, 1.165) is 10.0 Å². The molecule has 2 aromatic carbocycles. The van der Waals surface area contributed by atoms with Gasteiger partial charge in [-0.05, 0) is 35.9 Å². The molecule has 28 heavy (non-hydrogen) atoms. The number of amides is 2. The lowest BCUT2D eigenvalue weighted by atomic mass is 10.2. The van der Waals surface area contributed by atoms with Gasteiger partial charge in [0.15, 0.2) is 0 Å². The van der Waals surface area contributed by atoms with E-state index in [9.17, 15) is 9.59 Å². The second kappa shape index (κ2) is 9.87. The van der Waals surface area contributed by atoms with Crippen LogP contribution in [0.3, 0.4) is 0 Å². The molecular formula is C21H21BrClN3O2. The Kier molecular flexibility index (Phi) is 7.25. The third-order valence-electron chi connectivity index (χ3n) is 4.47. The summed E-state index contributed by atoms with van der Waals surface area (Å²) in [5, 5.41) is 3.34. The lowest BCUT2D eigenvalue weighted by Gasteiger charge is -2.33. The van der Waals surface area contributed by atoms with Crippen LogP contribution in [0.5, 0.6) is 0 Å². The summed E-state index contributed by atoms with van der Waals surface area (Å²) in [5.41, 5.74) is 1.58. The van der Waals surface area contributed by atoms with Crippen LogP contribution >= 0.6 is 27.5 Å². The molecule has 2 amide bonds. The maximum atomic E-state index is 12.4. The average Bonchev–Trinajstić information content (AvgIpc) is 2.68. The summed E-state index contributed by atoms with van der Waals surface area (Å²) >= 11 is 9.49. The summed E-state index contributed by atoms with van der Waals surface area (Å²) in [6.45, 7) is 2.79. The van der Waals surface area contributed by atoms with Crippen LogP contribution in [0.15, 0.2) is 59.1 Å². The lowest BCUT2D eigenvalue weighted by molar-refractivity contribution is -0.127. The van der Waals surface area contributed by atoms with Gasteiger partial charge in [0.1, 0.15) is 0 Å². The van der Waals surface area contributed by atoms with E-state index in [1.54, 1.807) is 23.1 Å². The van der Waals surface area contributed by atoms with Gasteiger partial charge in [0.05, 0.1) is 17.3 Å². The van der Waals surface area contributed by atoms with E-state index in [4.69, 9.17) is 11.6 Å². The number of benzene rings is 2. The third-order valence-corrected chi connectivity index (χ3v) is 5.29. The summed E-state index contributed by atoms with van der Waals surface area (Å²) in [7, 11) is 0. The summed E-state index contributed by atoms with van der Waals surface area (Å²) < 4.78 is 0.978. The molecule has 0 radical (unpaired) electrons. The van der Waals surface area contributed by atoms with Crippen LogP contribution in [0.1, 0.15) is 5.56 Å². The Labute approximate surface area is 178 Å². The first-order valence-electron chi connectivity index (χ1n) is 9.00. The van der Waals surface area contributed by atoms with Crippen LogP contribution in [0, 0.1) is 0 Å². The molecule has 7 heteroatoms. The normalized spacial score (nSPS) is 15.0. The molecule has 5 nitrogen and oxygen atoms in total. The minimum atomic E-state index is -0.109. The quantitative estimate of drug-likeness (QED) is 0.686. The van der Waals surface area contributed by atoms with Gasteiger partial charge in [-0.3, -0.25) is 14.5 Å². The molecule has 146 valence electrons. The minimum Gasteiger partial charge on any atom is -0.337 e. The van der Waals surface area contributed by atoms with Crippen LogP contribution in [0.25, 0.3) is 6.08 Å². The second-order valence-corrected chi connectivity index (χ2v) is 7.84. The molecule has 1 heterocycles. The summed E-state index contributed by atoms with van der Waals surface area (Å²) in [5.74, 6) is -0.123. The number of nitrogens with zero attached hydrogens (tertiary/aromatic N) is 2. The van der Waals surface area contributed by atoms with Gasteiger partial charge >= 0.3 is 0 Å². The van der Waals surface area contributed by atoms with E-state index in [2.05, 4.69) is 21.2 Å². The Bertz CT molecular complexity index is 879. The molecule has 2 aromatic rings. The smallest absolute Gasteiger partial charge is 0.246 e. The number of nitrogens with one attached hydrogen (secondary N) is 1. The van der Waals surface area contributed by atoms with E-state index < -0.39 is 0 Å². The second-order valence-electron chi connectivity index (χ2n) is 6.52. The van der Waals surface area contributed by atoms with Crippen LogP contribution < -0.4 is 5.32 Å². The summed E-state index contributed by atoms with van der Waals surface area (Å²) in [6.07, 6.45) is 3.41. The van der Waals surface area contributed by atoms with E-state index in [1.165, 1.54) is 0 Å². The molecule has 0 saturated carbocycles. The lowest BCUT2D eigenvalue weighted by Crippen LogP contribution is -2.50. The fourth-order valence-corrected chi connectivity index (χ4v) is 3.56. The first-order chi connectivity index (χ1) is 13.5. The fraction of sp³-hybridized carbons (Fsp3) is 0.238. The summed E-state index contributed by atoms with van der Waals surface area (Å²) in [6, 6.07) is 14.9. The molecule has 1 fully saturated rings. The van der Waals surface area contributed by atoms with Crippen molar-refractivity contribution in [1.29, 1.82) is 0 Å². The predicted molar refractivity (Wildman–Crippen MR) is 116 cm³/mol. The first kappa shape index (κ1) is 20.6. The number of carbonyl (C=O) groups is 2. The van der Waals surface area contributed by atoms with Crippen LogP contribution in [0.4, 0.5) is 5.69 Å². The topological polar surface area (TPSA) is 52.7 Å². The van der Waals surface area contributed by atoms with Crippen LogP contribution in [-0.2, 0) is 9.59 Å². The zero-order chi connectivity index (χ0) is 19.9. The van der Waals surface area contributed by atoms with Gasteiger partial charge in [-0.15, -0.1) is 0 Å². The highest BCUT2D eigenvalue weighted by Crippen LogP contribution is 2.20. The standard InChI is InChI=1S/C21H21BrClN3O2/c22-17-5-3-4-16(14-17)8-9-21(28)26-12-10-25(11-13-26)15-20(27)24-19-7-2-1-6-18(19)23/h1-9,14H,10-13,15H2,(H,24,27)/b9-8+. The molecule has 1 aliphatic heterocycles. The summed E-state index contributed by atoms with van der Waals surface area (Å²) in [4.78, 5) is 28.4. The van der Waals surface area contributed by atoms with Gasteiger partial charge in [-0.25, -0.2) is 0 Å². The molecule has 0 aliphatic carbocycles. The third kappa shape index (κ3) is 5.92. The van der Waals surface area contributed by atoms with Gasteiger partial charge in [0.2, 0.25) is 11.8 Å². The molecule has 0 aromatic heterocycles. The Morgan fingerprint density at radius 1 is 1.07 bits per heavy atom. The largest absolute Gasteiger partial charge is 0.337 e. The number of rotatable bonds is 5. The molecular weight excluding hydrogens is 442 g/mol. The van der Waals surface area contributed by atoms with Crippen molar-refractivity contribution in [2.75, 3.05) is 38.0 Å². The van der Waals surface area contributed by atoms with Crippen molar-refractivity contribution < 1.29 is 9.59 Å². The monoisotopic (exact) mass is 461 g/mol. The molecule has 0 atom stereocenters. The van der Waals surface area contributed by atoms with Gasteiger partial charge in [-0.2, -0.15) is 0 Å². The number of carbonyl (C=O) groups excluding carboxylic acids is 2. The van der Waals surface area contributed by atoms with Gasteiger partial charge < -0.3 is 10.2 Å². The van der Waals surface area contributed by atoms with Gasteiger partial charge in [0.25, 0.3) is 0 Å². The number of hydrogen-bond acceptors (Lipinski definition) is 3. The number of anilines is 1. The van der Waals surface area contributed by atoms with Crippen molar-refractivity contribution in [2.24, 2.45) is 0 Å². The molecule has 3 rings (SSSR count). The Morgan fingerprint density at radius 2 is 1.82 bits per heavy atom. The molecule has 1 aliphatic rings. The number of hydrogen-bond donors (Lipinski definition) is 1. The van der Waals surface area contributed by atoms with E-state index in [-0.39, 0.29) is 18.4 Å². The first-order valence-corrected chi connectivity index (χ1v) is 10.2. The number of piperazine rings is 1. The van der Waals surface area contributed by atoms with E-state index in [1.807, 2.05) is 47.4 Å². The highest BCUT2D eigenvalue weighted by Gasteiger charge is 2.21. The SMILES string of the molecule is O=C(CN1CCN(C(=O)/C=C/c2cccc(Br)c2)CC1)Nc1ccccc1Cl. The molecule has 0 unspecified atom stereocenters. The Hall–Kier alpha value is -2.15. The Morgan fingerprint density at radius 3 is 2.54 bits per heavy atom. The van der Waals surface area contributed by atoms with Crippen molar-refractivity contribution in [1.82, 2.24) is 9.80 Å². The van der Waals surface area contributed by atoms with Crippen molar-refractivity contribution in [3.8, 4) is 0 Å². The predicted octanol–water partition coefficient (Wildman–Crippen LogP) is 3.90. The van der Waals surface area contributed by atoms with Gasteiger partial charge in [0, 0.05) is 36.7 Å². The highest BCUT2D eigenvalue weighted by molar-refractivity contribution is 9.10. The zero-order valence-electron chi connectivity index (χ0n) is 15.3. The van der Waals surface area contributed by atoms with Crippen LogP contribution in [-0.4, -0.2) is 54.3 Å². The van der Waals surface area contributed by atoms with E-state index in [0.29, 0.717) is 36.9 Å². The van der Waals surface area contributed by atoms with Crippen molar-refractivity contribution in [3.63, 3.8) is 0 Å². The fourth-order valence-electron chi connectivity index (χ4n) is 2.96. The van der Waals surface area contributed by atoms with Crippen molar-refractivity contribution in [2.45, 2.75) is 0 Å². The molecule has 0 spiro atoms. The van der Waals surface area contributed by atoms with Gasteiger partial charge in [-0.1, -0.05) is 51.8 Å². The Balaban J connectivity index is 1.45. The highest BCUT2D eigenvalue weighted by atomic mass is 79.9. The number of para-hydroxylation sites is 1. The molecule has 0 bridgehead atoms. The maximum absolute atomic E-state index is 12.4. The minimum absolute atomic E-state index is 0.0138. The van der Waals surface area contributed by atoms with Crippen molar-refractivity contribution in [3.05, 3.63) is 69.7 Å². The van der Waals surface area contributed by atoms with E-state index >= 15 is 0 Å². The average molecular weight is 463 g/mol. The van der Waals surface area contributed by atoms with Crippen molar-refractivity contribution >= 4 is 51.1 Å². The molecule has 1 saturated heterocycles. The van der Waals surface area contributed by atoms with Crippen LogP contribution in [0.2, 0.25) is 5.02 Å². The molecule has 1 N–H and O–H groups in total. The zero-order valence-corrected chi connectivity index (χ0v) is 17.6.